The molecule has 0 radical (unpaired) electrons. The summed E-state index contributed by atoms with van der Waals surface area (Å²) in [6, 6.07) is 4.20. The number of aromatic hydroxyl groups is 2. The lowest BCUT2D eigenvalue weighted by atomic mass is 10.0. The Bertz CT molecular complexity index is 450. The second-order valence-electron chi connectivity index (χ2n) is 4.86. The Kier molecular flexibility index (Phi) is 2.12. The maximum atomic E-state index is 11.0. The number of carboxylic acids is 1. The number of phenolic OH excluding ortho intramolecular Hbond substituents is 2. The van der Waals surface area contributed by atoms with Crippen LogP contribution in [0.25, 0.3) is 0 Å². The van der Waals surface area contributed by atoms with E-state index >= 15 is 0 Å². The second-order valence-corrected chi connectivity index (χ2v) is 4.86. The molecule has 4 nitrogen and oxygen atoms in total. The summed E-state index contributed by atoms with van der Waals surface area (Å²) in [4.78, 5) is 11.0. The molecular weight excluding hydrogens is 208 g/mol. The van der Waals surface area contributed by atoms with Crippen LogP contribution in [0.15, 0.2) is 18.2 Å². The fraction of sp³-hybridized carbons (Fsp3) is 0.417. The third-order valence-corrected chi connectivity index (χ3v) is 3.44. The molecule has 0 spiro atoms. The van der Waals surface area contributed by atoms with Crippen LogP contribution in [-0.4, -0.2) is 21.3 Å². The molecular formula is C12H14O4. The van der Waals surface area contributed by atoms with Crippen LogP contribution in [0.4, 0.5) is 0 Å². The van der Waals surface area contributed by atoms with Crippen molar-refractivity contribution in [2.75, 3.05) is 0 Å². The first-order chi connectivity index (χ1) is 7.35. The van der Waals surface area contributed by atoms with Crippen LogP contribution in [0.1, 0.15) is 25.3 Å². The van der Waals surface area contributed by atoms with E-state index in [0.717, 1.165) is 0 Å². The molecule has 0 aliphatic heterocycles. The van der Waals surface area contributed by atoms with E-state index in [1.807, 2.05) is 13.8 Å². The van der Waals surface area contributed by atoms with Gasteiger partial charge >= 0.3 is 5.97 Å². The third-order valence-electron chi connectivity index (χ3n) is 3.44. The fourth-order valence-corrected chi connectivity index (χ4v) is 2.47. The molecule has 0 bridgehead atoms. The number of aliphatic carboxylic acids is 1. The summed E-state index contributed by atoms with van der Waals surface area (Å²) in [5.41, 5.74) is 0.134. The van der Waals surface area contributed by atoms with Crippen LogP contribution in [-0.2, 0) is 4.79 Å². The molecule has 2 atom stereocenters. The van der Waals surface area contributed by atoms with Crippen molar-refractivity contribution in [3.05, 3.63) is 23.8 Å². The van der Waals surface area contributed by atoms with Crippen LogP contribution < -0.4 is 0 Å². The zero-order valence-corrected chi connectivity index (χ0v) is 9.14. The van der Waals surface area contributed by atoms with Crippen molar-refractivity contribution in [3.8, 4) is 11.5 Å². The zero-order chi connectivity index (χ0) is 12.1. The molecule has 1 aromatic carbocycles. The summed E-state index contributed by atoms with van der Waals surface area (Å²) < 4.78 is 0. The first kappa shape index (κ1) is 10.8. The Morgan fingerprint density at radius 1 is 1.31 bits per heavy atom. The van der Waals surface area contributed by atoms with Gasteiger partial charge in [0, 0.05) is 11.5 Å². The van der Waals surface area contributed by atoms with Crippen molar-refractivity contribution >= 4 is 5.97 Å². The van der Waals surface area contributed by atoms with Crippen molar-refractivity contribution < 1.29 is 20.1 Å². The number of hydrogen-bond acceptors (Lipinski definition) is 3. The molecule has 1 saturated carbocycles. The van der Waals surface area contributed by atoms with Gasteiger partial charge in [0.1, 0.15) is 11.5 Å². The van der Waals surface area contributed by atoms with Crippen LogP contribution >= 0.6 is 0 Å². The van der Waals surface area contributed by atoms with Crippen molar-refractivity contribution in [1.82, 2.24) is 0 Å². The van der Waals surface area contributed by atoms with E-state index in [2.05, 4.69) is 0 Å². The van der Waals surface area contributed by atoms with Gasteiger partial charge in [-0.25, -0.2) is 0 Å². The standard InChI is InChI=1S/C12H14O4/c1-12(2)9(10(12)11(15)16)7-5-6(13)3-4-8(7)14/h3-5,9-10,13-14H,1-2H3,(H,15,16). The van der Waals surface area contributed by atoms with Gasteiger partial charge in [-0.15, -0.1) is 0 Å². The lowest BCUT2D eigenvalue weighted by Gasteiger charge is -2.06. The van der Waals surface area contributed by atoms with Crippen LogP contribution in [0.3, 0.4) is 0 Å². The fourth-order valence-electron chi connectivity index (χ4n) is 2.47. The highest BCUT2D eigenvalue weighted by Crippen LogP contribution is 2.65. The van der Waals surface area contributed by atoms with Gasteiger partial charge in [-0.1, -0.05) is 13.8 Å². The molecule has 0 saturated heterocycles. The number of rotatable bonds is 2. The minimum Gasteiger partial charge on any atom is -0.508 e. The van der Waals surface area contributed by atoms with E-state index in [4.69, 9.17) is 5.11 Å². The summed E-state index contributed by atoms with van der Waals surface area (Å²) in [5, 5.41) is 28.1. The van der Waals surface area contributed by atoms with E-state index in [-0.39, 0.29) is 22.8 Å². The number of carboxylic acid groups (broad SMARTS) is 1. The largest absolute Gasteiger partial charge is 0.508 e. The molecule has 86 valence electrons. The van der Waals surface area contributed by atoms with Gasteiger partial charge in [0.15, 0.2) is 0 Å². The molecule has 0 amide bonds. The van der Waals surface area contributed by atoms with Gasteiger partial charge < -0.3 is 15.3 Å². The number of carbonyl (C=O) groups is 1. The summed E-state index contributed by atoms with van der Waals surface area (Å²) in [6.07, 6.45) is 0. The van der Waals surface area contributed by atoms with Gasteiger partial charge in [-0.05, 0) is 23.6 Å². The highest BCUT2D eigenvalue weighted by Gasteiger charge is 2.63. The molecule has 0 aromatic heterocycles. The van der Waals surface area contributed by atoms with Crippen molar-refractivity contribution in [1.29, 1.82) is 0 Å². The minimum absolute atomic E-state index is 0.0413. The molecule has 16 heavy (non-hydrogen) atoms. The lowest BCUT2D eigenvalue weighted by Crippen LogP contribution is -2.03. The van der Waals surface area contributed by atoms with E-state index in [9.17, 15) is 15.0 Å². The maximum absolute atomic E-state index is 11.0. The van der Waals surface area contributed by atoms with Gasteiger partial charge in [-0.2, -0.15) is 0 Å². The smallest absolute Gasteiger partial charge is 0.307 e. The second kappa shape index (κ2) is 3.14. The Morgan fingerprint density at radius 2 is 1.94 bits per heavy atom. The molecule has 1 aliphatic rings. The average Bonchev–Trinajstić information content (AvgIpc) is 2.73. The van der Waals surface area contributed by atoms with Crippen LogP contribution in [0, 0.1) is 11.3 Å². The summed E-state index contributed by atoms with van der Waals surface area (Å²) in [7, 11) is 0. The molecule has 4 heteroatoms. The Labute approximate surface area is 93.2 Å². The van der Waals surface area contributed by atoms with Crippen molar-refractivity contribution in [2.24, 2.45) is 11.3 Å². The number of phenols is 2. The predicted molar refractivity (Wildman–Crippen MR) is 57.4 cm³/mol. The predicted octanol–water partition coefficient (Wildman–Crippen LogP) is 1.92. The lowest BCUT2D eigenvalue weighted by molar-refractivity contribution is -0.139. The Balaban J connectivity index is 2.40. The average molecular weight is 222 g/mol. The van der Waals surface area contributed by atoms with Gasteiger partial charge in [0.25, 0.3) is 0 Å². The van der Waals surface area contributed by atoms with Crippen LogP contribution in [0.5, 0.6) is 11.5 Å². The van der Waals surface area contributed by atoms with Gasteiger partial charge in [-0.3, -0.25) is 4.79 Å². The van der Waals surface area contributed by atoms with Gasteiger partial charge in [0.2, 0.25) is 0 Å². The third kappa shape index (κ3) is 1.41. The highest BCUT2D eigenvalue weighted by atomic mass is 16.4. The normalized spacial score (nSPS) is 26.4. The summed E-state index contributed by atoms with van der Waals surface area (Å²) >= 11 is 0. The molecule has 1 aliphatic carbocycles. The topological polar surface area (TPSA) is 77.8 Å². The molecule has 1 fully saturated rings. The van der Waals surface area contributed by atoms with Gasteiger partial charge in [0.05, 0.1) is 5.92 Å². The quantitative estimate of drug-likeness (QED) is 0.668. The molecule has 3 N–H and O–H groups in total. The first-order valence-electron chi connectivity index (χ1n) is 5.10. The molecule has 2 rings (SSSR count). The maximum Gasteiger partial charge on any atom is 0.307 e. The van der Waals surface area contributed by atoms with E-state index in [1.54, 1.807) is 0 Å². The highest BCUT2D eigenvalue weighted by molar-refractivity contribution is 5.78. The van der Waals surface area contributed by atoms with E-state index in [0.29, 0.717) is 5.56 Å². The summed E-state index contributed by atoms with van der Waals surface area (Å²) in [6.45, 7) is 3.69. The Hall–Kier alpha value is -1.71. The Morgan fingerprint density at radius 3 is 2.44 bits per heavy atom. The van der Waals surface area contributed by atoms with Crippen molar-refractivity contribution in [2.45, 2.75) is 19.8 Å². The molecule has 1 aromatic rings. The SMILES string of the molecule is CC1(C)C(C(=O)O)C1c1cc(O)ccc1O. The number of hydrogen-bond donors (Lipinski definition) is 3. The van der Waals surface area contributed by atoms with Crippen molar-refractivity contribution in [3.63, 3.8) is 0 Å². The van der Waals surface area contributed by atoms with Crippen LogP contribution in [0.2, 0.25) is 0 Å². The first-order valence-corrected chi connectivity index (χ1v) is 5.10. The minimum atomic E-state index is -0.863. The summed E-state index contributed by atoms with van der Waals surface area (Å²) in [5.74, 6) is -1.52. The van der Waals surface area contributed by atoms with E-state index in [1.165, 1.54) is 18.2 Å². The monoisotopic (exact) mass is 222 g/mol. The number of benzene rings is 1. The molecule has 2 unspecified atom stereocenters. The van der Waals surface area contributed by atoms with E-state index < -0.39 is 11.9 Å². The zero-order valence-electron chi connectivity index (χ0n) is 9.14. The molecule has 0 heterocycles.